The summed E-state index contributed by atoms with van der Waals surface area (Å²) in [5.41, 5.74) is 1.28. The summed E-state index contributed by atoms with van der Waals surface area (Å²) in [6.07, 6.45) is -0.299. The molecule has 11 heteroatoms. The molecule has 1 amide bonds. The monoisotopic (exact) mass is 474 g/mol. The Balaban J connectivity index is 1.35. The third-order valence-corrected chi connectivity index (χ3v) is 5.12. The van der Waals surface area contributed by atoms with Crippen molar-refractivity contribution in [3.63, 3.8) is 0 Å². The van der Waals surface area contributed by atoms with Crippen molar-refractivity contribution in [1.82, 2.24) is 20.0 Å². The van der Waals surface area contributed by atoms with Gasteiger partial charge >= 0.3 is 18.4 Å². The summed E-state index contributed by atoms with van der Waals surface area (Å²) < 4.78 is 46.7. The Labute approximate surface area is 194 Å². The molecule has 0 unspecified atom stereocenters. The van der Waals surface area contributed by atoms with Crippen molar-refractivity contribution >= 4 is 5.91 Å². The lowest BCUT2D eigenvalue weighted by Crippen LogP contribution is -2.56. The smallest absolute Gasteiger partial charge is 0.387 e. The molecular formula is C23H24F2N4O5. The number of methoxy groups -OCH3 is 1. The maximum Gasteiger partial charge on any atom is 0.387 e. The van der Waals surface area contributed by atoms with Gasteiger partial charge in [-0.05, 0) is 44.4 Å². The van der Waals surface area contributed by atoms with Crippen LogP contribution in [-0.4, -0.2) is 72.9 Å². The number of ether oxygens (including phenoxy) is 3. The van der Waals surface area contributed by atoms with Crippen LogP contribution in [0.3, 0.4) is 0 Å². The molecule has 1 fully saturated rings. The molecular weight excluding hydrogens is 450 g/mol. The second kappa shape index (κ2) is 10.0. The molecule has 2 heterocycles. The van der Waals surface area contributed by atoms with E-state index in [1.54, 1.807) is 43.5 Å². The molecule has 1 aromatic heterocycles. The lowest BCUT2D eigenvalue weighted by molar-refractivity contribution is -0.0509. The Morgan fingerprint density at radius 2 is 1.85 bits per heavy atom. The summed E-state index contributed by atoms with van der Waals surface area (Å²) in [7, 11) is 5.23. The average molecular weight is 474 g/mol. The number of alkyl halides is 2. The highest BCUT2D eigenvalue weighted by molar-refractivity contribution is 5.90. The normalized spacial score (nSPS) is 13.8. The predicted octanol–water partition coefficient (Wildman–Crippen LogP) is 3.31. The van der Waals surface area contributed by atoms with E-state index in [1.807, 2.05) is 19.0 Å². The van der Waals surface area contributed by atoms with Gasteiger partial charge in [0.25, 0.3) is 0 Å². The van der Waals surface area contributed by atoms with Crippen molar-refractivity contribution in [3.8, 4) is 28.7 Å². The lowest BCUT2D eigenvalue weighted by Gasteiger charge is -2.38. The molecule has 34 heavy (non-hydrogen) atoms. The molecule has 1 aliphatic heterocycles. The fourth-order valence-corrected chi connectivity index (χ4v) is 3.45. The zero-order chi connectivity index (χ0) is 24.2. The van der Waals surface area contributed by atoms with Crippen LogP contribution in [0.25, 0.3) is 11.5 Å². The number of rotatable bonds is 9. The van der Waals surface area contributed by atoms with Crippen LogP contribution < -0.4 is 14.2 Å². The number of carbonyl (C=O) groups is 1. The first kappa shape index (κ1) is 23.4. The minimum Gasteiger partial charge on any atom is -0.497 e. The average Bonchev–Trinajstić information content (AvgIpc) is 3.27. The minimum atomic E-state index is -2.94. The van der Waals surface area contributed by atoms with Crippen LogP contribution in [0.1, 0.15) is 16.2 Å². The molecule has 0 N–H and O–H groups in total. The third-order valence-electron chi connectivity index (χ3n) is 5.12. The number of halogens is 2. The summed E-state index contributed by atoms with van der Waals surface area (Å²) in [5.74, 6) is 0.829. The molecule has 0 atom stereocenters. The Kier molecular flexibility index (Phi) is 6.92. The molecule has 0 aliphatic carbocycles. The van der Waals surface area contributed by atoms with Gasteiger partial charge in [0.2, 0.25) is 5.89 Å². The lowest BCUT2D eigenvalue weighted by atomic mass is 10.1. The topological polar surface area (TPSA) is 90.2 Å². The zero-order valence-electron chi connectivity index (χ0n) is 18.9. The van der Waals surface area contributed by atoms with Crippen LogP contribution in [0.4, 0.5) is 8.78 Å². The van der Waals surface area contributed by atoms with Gasteiger partial charge in [-0.25, -0.2) is 0 Å². The first-order chi connectivity index (χ1) is 16.3. The van der Waals surface area contributed by atoms with Gasteiger partial charge in [0.15, 0.2) is 0 Å². The first-order valence-electron chi connectivity index (χ1n) is 10.5. The highest BCUT2D eigenvalue weighted by Gasteiger charge is 2.35. The first-order valence-corrected chi connectivity index (χ1v) is 10.5. The van der Waals surface area contributed by atoms with Crippen LogP contribution in [0.2, 0.25) is 0 Å². The van der Waals surface area contributed by atoms with E-state index in [9.17, 15) is 13.6 Å². The zero-order valence-corrected chi connectivity index (χ0v) is 18.9. The second-order valence-corrected chi connectivity index (χ2v) is 7.98. The van der Waals surface area contributed by atoms with E-state index in [-0.39, 0.29) is 23.6 Å². The predicted molar refractivity (Wildman–Crippen MR) is 117 cm³/mol. The van der Waals surface area contributed by atoms with Crippen molar-refractivity contribution in [2.24, 2.45) is 0 Å². The van der Waals surface area contributed by atoms with Crippen molar-refractivity contribution < 1.29 is 32.2 Å². The van der Waals surface area contributed by atoms with E-state index in [4.69, 9.17) is 13.9 Å². The summed E-state index contributed by atoms with van der Waals surface area (Å²) in [5, 5.41) is 7.79. The van der Waals surface area contributed by atoms with Crippen molar-refractivity contribution in [2.75, 3.05) is 34.3 Å². The molecule has 0 saturated carbocycles. The fourth-order valence-electron chi connectivity index (χ4n) is 3.45. The molecule has 4 rings (SSSR count). The molecule has 2 aromatic carbocycles. The van der Waals surface area contributed by atoms with Crippen LogP contribution >= 0.6 is 0 Å². The summed E-state index contributed by atoms with van der Waals surface area (Å²) in [6.45, 7) is -1.91. The highest BCUT2D eigenvalue weighted by atomic mass is 19.3. The fraction of sp³-hybridized carbons (Fsp3) is 0.348. The maximum atomic E-state index is 12.8. The van der Waals surface area contributed by atoms with E-state index in [1.165, 1.54) is 11.0 Å². The van der Waals surface area contributed by atoms with E-state index in [2.05, 4.69) is 14.9 Å². The van der Waals surface area contributed by atoms with Crippen LogP contribution in [0.15, 0.2) is 46.9 Å². The highest BCUT2D eigenvalue weighted by Crippen LogP contribution is 2.29. The Morgan fingerprint density at radius 3 is 2.50 bits per heavy atom. The quantitative estimate of drug-likeness (QED) is 0.467. The van der Waals surface area contributed by atoms with Gasteiger partial charge in [-0.3, -0.25) is 4.79 Å². The Morgan fingerprint density at radius 1 is 1.15 bits per heavy atom. The van der Waals surface area contributed by atoms with E-state index >= 15 is 0 Å². The number of benzene rings is 2. The standard InChI is InChI=1S/C23H24F2N4O5/c1-28(2)11-15-6-9-17(10-19(15)33-23(24)25)32-18-12-29(13-18)22(30)21-27-26-20(34-21)14-4-7-16(31-3)8-5-14/h4-10,18,23H,11-13H2,1-3H3. The summed E-state index contributed by atoms with van der Waals surface area (Å²) in [6, 6.07) is 11.8. The van der Waals surface area contributed by atoms with Crippen LogP contribution in [0, 0.1) is 0 Å². The van der Waals surface area contributed by atoms with Gasteiger partial charge in [0.05, 0.1) is 20.2 Å². The Hall–Kier alpha value is -3.73. The number of nitrogens with zero attached hydrogens (tertiary/aromatic N) is 4. The van der Waals surface area contributed by atoms with Crippen molar-refractivity contribution in [2.45, 2.75) is 19.3 Å². The summed E-state index contributed by atoms with van der Waals surface area (Å²) >= 11 is 0. The van der Waals surface area contributed by atoms with Crippen LogP contribution in [-0.2, 0) is 6.54 Å². The van der Waals surface area contributed by atoms with Gasteiger partial charge in [0.1, 0.15) is 23.4 Å². The number of carbonyl (C=O) groups excluding carboxylic acids is 1. The number of hydrogen-bond donors (Lipinski definition) is 0. The second-order valence-electron chi connectivity index (χ2n) is 7.98. The molecule has 180 valence electrons. The Bertz CT molecular complexity index is 1130. The number of hydrogen-bond acceptors (Lipinski definition) is 8. The third kappa shape index (κ3) is 5.42. The number of likely N-dealkylation sites (tertiary alicyclic amines) is 1. The van der Waals surface area contributed by atoms with Gasteiger partial charge in [-0.2, -0.15) is 8.78 Å². The number of amides is 1. The van der Waals surface area contributed by atoms with E-state index < -0.39 is 12.5 Å². The molecule has 0 bridgehead atoms. The van der Waals surface area contributed by atoms with Crippen molar-refractivity contribution in [1.29, 1.82) is 0 Å². The van der Waals surface area contributed by atoms with Gasteiger partial charge in [0, 0.05) is 23.7 Å². The SMILES string of the molecule is COc1ccc(-c2nnc(C(=O)N3CC(Oc4ccc(CN(C)C)c(OC(F)F)c4)C3)o2)cc1. The van der Waals surface area contributed by atoms with Crippen LogP contribution in [0.5, 0.6) is 17.2 Å². The van der Waals surface area contributed by atoms with Gasteiger partial charge < -0.3 is 28.4 Å². The molecule has 9 nitrogen and oxygen atoms in total. The van der Waals surface area contributed by atoms with E-state index in [0.717, 1.165) is 0 Å². The largest absolute Gasteiger partial charge is 0.497 e. The molecule has 0 spiro atoms. The molecule has 1 aliphatic rings. The van der Waals surface area contributed by atoms with E-state index in [0.29, 0.717) is 42.3 Å². The maximum absolute atomic E-state index is 12.8. The minimum absolute atomic E-state index is 0.0605. The number of aromatic nitrogens is 2. The summed E-state index contributed by atoms with van der Waals surface area (Å²) in [4.78, 5) is 16.0. The van der Waals surface area contributed by atoms with Gasteiger partial charge in [-0.15, -0.1) is 10.2 Å². The van der Waals surface area contributed by atoms with Gasteiger partial charge in [-0.1, -0.05) is 6.07 Å². The molecule has 3 aromatic rings. The van der Waals surface area contributed by atoms with Crippen molar-refractivity contribution in [3.05, 3.63) is 53.9 Å². The molecule has 1 saturated heterocycles. The molecule has 0 radical (unpaired) electrons.